The summed E-state index contributed by atoms with van der Waals surface area (Å²) in [4.78, 5) is 34.5. The van der Waals surface area contributed by atoms with Crippen molar-refractivity contribution in [2.45, 2.75) is 52.1 Å². The molecule has 0 bridgehead atoms. The Kier molecular flexibility index (Phi) is 5.69. The lowest BCUT2D eigenvalue weighted by atomic mass is 9.89. The molecule has 150 valence electrons. The van der Waals surface area contributed by atoms with Gasteiger partial charge in [0.2, 0.25) is 0 Å². The zero-order valence-electron chi connectivity index (χ0n) is 16.7. The number of amides is 1. The summed E-state index contributed by atoms with van der Waals surface area (Å²) in [5.41, 5.74) is 2.39. The zero-order chi connectivity index (χ0) is 20.2. The van der Waals surface area contributed by atoms with Crippen LogP contribution in [0.25, 0.3) is 10.9 Å². The van der Waals surface area contributed by atoms with Crippen LogP contribution in [0.4, 0.5) is 0 Å². The molecule has 0 aliphatic heterocycles. The van der Waals surface area contributed by atoms with Gasteiger partial charge in [-0.1, -0.05) is 25.3 Å². The number of aromatic nitrogens is 3. The van der Waals surface area contributed by atoms with Gasteiger partial charge in [0.15, 0.2) is 0 Å². The first-order chi connectivity index (χ1) is 14.1. The summed E-state index contributed by atoms with van der Waals surface area (Å²) >= 11 is 0. The number of nitrogens with zero attached hydrogens (tertiary/aromatic N) is 3. The van der Waals surface area contributed by atoms with Gasteiger partial charge >= 0.3 is 0 Å². The molecule has 0 atom stereocenters. The molecule has 1 fully saturated rings. The van der Waals surface area contributed by atoms with Crippen LogP contribution in [0.2, 0.25) is 0 Å². The molecule has 3 aromatic heterocycles. The summed E-state index contributed by atoms with van der Waals surface area (Å²) in [5.74, 6) is 0.308. The van der Waals surface area contributed by atoms with E-state index in [-0.39, 0.29) is 11.5 Å². The number of pyridine rings is 3. The first-order valence-electron chi connectivity index (χ1n) is 10.3. The number of fused-ring (bicyclic) bond motifs is 1. The van der Waals surface area contributed by atoms with Crippen LogP contribution >= 0.6 is 0 Å². The Hall–Kier alpha value is -3.02. The van der Waals surface area contributed by atoms with Crippen LogP contribution in [-0.4, -0.2) is 20.4 Å². The van der Waals surface area contributed by atoms with Crippen molar-refractivity contribution in [1.82, 2.24) is 19.9 Å². The molecule has 1 amide bonds. The van der Waals surface area contributed by atoms with E-state index in [9.17, 15) is 9.59 Å². The number of hydrogen-bond acceptors (Lipinski definition) is 4. The molecule has 4 rings (SSSR count). The van der Waals surface area contributed by atoms with E-state index in [4.69, 9.17) is 0 Å². The summed E-state index contributed by atoms with van der Waals surface area (Å²) in [7, 11) is 0. The third kappa shape index (κ3) is 4.36. The lowest BCUT2D eigenvalue weighted by Crippen LogP contribution is -2.27. The van der Waals surface area contributed by atoms with Crippen molar-refractivity contribution in [1.29, 1.82) is 0 Å². The largest absolute Gasteiger partial charge is 0.346 e. The maximum absolute atomic E-state index is 13.0. The van der Waals surface area contributed by atoms with Crippen LogP contribution in [-0.2, 0) is 13.1 Å². The molecule has 3 aromatic rings. The number of rotatable bonds is 5. The molecular weight excluding hydrogens is 364 g/mol. The fourth-order valence-corrected chi connectivity index (χ4v) is 4.10. The summed E-state index contributed by atoms with van der Waals surface area (Å²) in [6, 6.07) is 9.14. The molecule has 6 heteroatoms. The van der Waals surface area contributed by atoms with Gasteiger partial charge in [-0.15, -0.1) is 0 Å². The van der Waals surface area contributed by atoms with Crippen molar-refractivity contribution >= 4 is 16.8 Å². The molecule has 0 aromatic carbocycles. The highest BCUT2D eigenvalue weighted by molar-refractivity contribution is 5.98. The SMILES string of the molecule is Cc1nc2ccn(CC3CCCCC3)c(=O)c2cc1C(=O)NCc1ccccn1. The van der Waals surface area contributed by atoms with E-state index in [0.29, 0.717) is 34.6 Å². The number of carbonyl (C=O) groups is 1. The molecule has 1 saturated carbocycles. The standard InChI is InChI=1S/C23H26N4O2/c1-16-19(22(28)25-14-18-9-5-6-11-24-18)13-20-21(26-16)10-12-27(23(20)29)15-17-7-3-2-4-8-17/h5-6,9-13,17H,2-4,7-8,14-15H2,1H3,(H,25,28). The summed E-state index contributed by atoms with van der Waals surface area (Å²) in [5, 5.41) is 3.37. The Morgan fingerprint density at radius 3 is 2.79 bits per heavy atom. The van der Waals surface area contributed by atoms with Crippen molar-refractivity contribution in [3.8, 4) is 0 Å². The van der Waals surface area contributed by atoms with E-state index in [0.717, 1.165) is 12.2 Å². The second-order valence-corrected chi connectivity index (χ2v) is 7.84. The van der Waals surface area contributed by atoms with Crippen LogP contribution < -0.4 is 10.9 Å². The van der Waals surface area contributed by atoms with Gasteiger partial charge < -0.3 is 9.88 Å². The minimum absolute atomic E-state index is 0.0700. The molecule has 1 aliphatic rings. The van der Waals surface area contributed by atoms with Crippen molar-refractivity contribution in [3.05, 3.63) is 70.0 Å². The van der Waals surface area contributed by atoms with Gasteiger partial charge in [0, 0.05) is 18.9 Å². The van der Waals surface area contributed by atoms with Crippen molar-refractivity contribution in [2.24, 2.45) is 5.92 Å². The Balaban J connectivity index is 1.59. The Morgan fingerprint density at radius 2 is 2.03 bits per heavy atom. The number of nitrogens with one attached hydrogen (secondary N) is 1. The maximum atomic E-state index is 13.0. The van der Waals surface area contributed by atoms with Crippen LogP contribution in [0.1, 0.15) is 53.8 Å². The number of aryl methyl sites for hydroxylation is 1. The van der Waals surface area contributed by atoms with E-state index in [1.807, 2.05) is 30.5 Å². The highest BCUT2D eigenvalue weighted by Gasteiger charge is 2.17. The summed E-state index contributed by atoms with van der Waals surface area (Å²) in [6.45, 7) is 2.87. The van der Waals surface area contributed by atoms with Crippen LogP contribution in [0, 0.1) is 12.8 Å². The Morgan fingerprint density at radius 1 is 1.21 bits per heavy atom. The monoisotopic (exact) mass is 390 g/mol. The number of carbonyl (C=O) groups excluding carboxylic acids is 1. The van der Waals surface area contributed by atoms with Gasteiger partial charge in [0.25, 0.3) is 11.5 Å². The number of hydrogen-bond donors (Lipinski definition) is 1. The van der Waals surface area contributed by atoms with Gasteiger partial charge in [0.05, 0.1) is 34.4 Å². The second kappa shape index (κ2) is 8.55. The van der Waals surface area contributed by atoms with Crippen molar-refractivity contribution in [3.63, 3.8) is 0 Å². The molecular formula is C23H26N4O2. The molecule has 3 heterocycles. The van der Waals surface area contributed by atoms with Gasteiger partial charge in [-0.25, -0.2) is 0 Å². The van der Waals surface area contributed by atoms with Crippen LogP contribution in [0.15, 0.2) is 47.5 Å². The van der Waals surface area contributed by atoms with E-state index >= 15 is 0 Å². The molecule has 0 unspecified atom stereocenters. The van der Waals surface area contributed by atoms with E-state index in [2.05, 4.69) is 15.3 Å². The summed E-state index contributed by atoms with van der Waals surface area (Å²) < 4.78 is 1.78. The van der Waals surface area contributed by atoms with Gasteiger partial charge in [-0.05, 0) is 49.9 Å². The van der Waals surface area contributed by atoms with Crippen LogP contribution in [0.5, 0.6) is 0 Å². The predicted octanol–water partition coefficient (Wildman–Crippen LogP) is 3.61. The normalized spacial score (nSPS) is 14.8. The highest BCUT2D eigenvalue weighted by Crippen LogP contribution is 2.25. The first-order valence-corrected chi connectivity index (χ1v) is 10.3. The molecule has 0 spiro atoms. The molecule has 1 N–H and O–H groups in total. The third-order valence-corrected chi connectivity index (χ3v) is 5.73. The Labute approximate surface area is 170 Å². The average Bonchev–Trinajstić information content (AvgIpc) is 2.75. The van der Waals surface area contributed by atoms with E-state index in [1.165, 1.54) is 32.1 Å². The zero-order valence-corrected chi connectivity index (χ0v) is 16.7. The fourth-order valence-electron chi connectivity index (χ4n) is 4.10. The quantitative estimate of drug-likeness (QED) is 0.722. The van der Waals surface area contributed by atoms with E-state index in [1.54, 1.807) is 23.8 Å². The maximum Gasteiger partial charge on any atom is 0.260 e. The summed E-state index contributed by atoms with van der Waals surface area (Å²) in [6.07, 6.45) is 9.67. The second-order valence-electron chi connectivity index (χ2n) is 7.84. The van der Waals surface area contributed by atoms with Gasteiger partial charge in [-0.3, -0.25) is 19.6 Å². The minimum atomic E-state index is -0.246. The topological polar surface area (TPSA) is 76.9 Å². The smallest absolute Gasteiger partial charge is 0.260 e. The first kappa shape index (κ1) is 19.3. The molecule has 0 radical (unpaired) electrons. The third-order valence-electron chi connectivity index (χ3n) is 5.73. The van der Waals surface area contributed by atoms with Crippen molar-refractivity contribution in [2.75, 3.05) is 0 Å². The fraction of sp³-hybridized carbons (Fsp3) is 0.391. The van der Waals surface area contributed by atoms with Crippen LogP contribution in [0.3, 0.4) is 0 Å². The lowest BCUT2D eigenvalue weighted by Gasteiger charge is -2.22. The average molecular weight is 390 g/mol. The van der Waals surface area contributed by atoms with Crippen molar-refractivity contribution < 1.29 is 4.79 Å². The van der Waals surface area contributed by atoms with Gasteiger partial charge in [-0.2, -0.15) is 0 Å². The molecule has 1 aliphatic carbocycles. The molecule has 29 heavy (non-hydrogen) atoms. The van der Waals surface area contributed by atoms with E-state index < -0.39 is 0 Å². The lowest BCUT2D eigenvalue weighted by molar-refractivity contribution is 0.0949. The predicted molar refractivity (Wildman–Crippen MR) is 113 cm³/mol. The molecule has 0 saturated heterocycles. The molecule has 6 nitrogen and oxygen atoms in total. The Bertz CT molecular complexity index is 1070. The van der Waals surface area contributed by atoms with Gasteiger partial charge in [0.1, 0.15) is 0 Å². The minimum Gasteiger partial charge on any atom is -0.346 e. The highest BCUT2D eigenvalue weighted by atomic mass is 16.1.